The largest absolute Gasteiger partial charge is 0.412 e. The van der Waals surface area contributed by atoms with Crippen molar-refractivity contribution in [1.82, 2.24) is 0 Å². The van der Waals surface area contributed by atoms with Crippen molar-refractivity contribution in [1.29, 1.82) is 0 Å². The van der Waals surface area contributed by atoms with E-state index < -0.39 is 0 Å². The average molecular weight is 242 g/mol. The number of rotatable bonds is 0. The van der Waals surface area contributed by atoms with E-state index in [-0.39, 0.29) is 23.9 Å². The standard InChI is InChI=1S/C2H2.CH4O.CH4.H2O2.O2.OS.3H2O/c2*1-2;;3*1-2;;;/h1-2H;2H,1H3;1H4;1-2H;;;3*1H2. The van der Waals surface area contributed by atoms with Gasteiger partial charge in [-0.25, -0.2) is 0 Å². The van der Waals surface area contributed by atoms with E-state index >= 15 is 0 Å². The van der Waals surface area contributed by atoms with Crippen LogP contribution in [0.4, 0.5) is 0 Å². The first-order chi connectivity index (χ1) is 5.00. The smallest absolute Gasteiger partial charge is 0.197 e. The van der Waals surface area contributed by atoms with Crippen LogP contribution >= 0.6 is 0 Å². The molecule has 0 fully saturated rings. The third kappa shape index (κ3) is 962. The molecular weight excluding hydrogens is 224 g/mol. The molecule has 0 aromatic rings. The Kier molecular flexibility index (Phi) is 10800. The summed E-state index contributed by atoms with van der Waals surface area (Å²) in [4.78, 5) is 14.0. The summed E-state index contributed by atoms with van der Waals surface area (Å²) in [6.45, 7) is 0. The highest BCUT2D eigenvalue weighted by atomic mass is 32.1. The van der Waals surface area contributed by atoms with Gasteiger partial charge in [0, 0.05) is 17.0 Å². The van der Waals surface area contributed by atoms with Gasteiger partial charge in [0.25, 0.3) is 0 Å². The molecule has 0 atom stereocenters. The second-order valence-corrected chi connectivity index (χ2v) is 0. The lowest BCUT2D eigenvalue weighted by Gasteiger charge is -1.25. The van der Waals surface area contributed by atoms with E-state index in [2.05, 4.69) is 25.4 Å². The highest BCUT2D eigenvalue weighted by Crippen LogP contribution is 0.755. The zero-order valence-electron chi connectivity index (χ0n) is 6.63. The van der Waals surface area contributed by atoms with Crippen molar-refractivity contribution in [2.24, 2.45) is 0 Å². The Morgan fingerprint density at radius 2 is 0.857 bits per heavy atom. The molecule has 0 unspecified atom stereocenters. The molecule has 0 saturated heterocycles. The summed E-state index contributed by atoms with van der Waals surface area (Å²) in [5.41, 5.74) is 0. The van der Waals surface area contributed by atoms with Crippen LogP contribution in [0.1, 0.15) is 7.43 Å². The molecule has 0 spiro atoms. The first kappa shape index (κ1) is 119. The summed E-state index contributed by atoms with van der Waals surface area (Å²) in [6, 6.07) is 0. The molecule has 0 heterocycles. The van der Waals surface area contributed by atoms with Crippen LogP contribution in [-0.4, -0.2) is 43.4 Å². The van der Waals surface area contributed by atoms with Crippen LogP contribution < -0.4 is 0 Å². The predicted octanol–water partition coefficient (Wildman–Crippen LogP) is -2.23. The molecule has 0 aliphatic carbocycles. The lowest BCUT2D eigenvalue weighted by atomic mass is 11.4. The average Bonchev–Trinajstić information content (AvgIpc) is 2.20. The number of hydrogen-bond acceptors (Lipinski definition) is 7. The van der Waals surface area contributed by atoms with Crippen LogP contribution in [0, 0.1) is 22.8 Å². The van der Waals surface area contributed by atoms with Crippen molar-refractivity contribution in [3.8, 4) is 12.8 Å². The number of hydrogen-bond donors (Lipinski definition) is 3. The topological polar surface area (TPSA) is 206 Å². The molecule has 9 N–H and O–H groups in total. The molecule has 0 saturated carbocycles. The van der Waals surface area contributed by atoms with Crippen molar-refractivity contribution < 1.29 is 36.3 Å². The Balaban J connectivity index is -0.00000000298. The van der Waals surface area contributed by atoms with Gasteiger partial charge in [-0.1, -0.05) is 7.43 Å². The zero-order valence-corrected chi connectivity index (χ0v) is 7.45. The van der Waals surface area contributed by atoms with Gasteiger partial charge in [0.05, 0.1) is 0 Å². The molecule has 14 heavy (non-hydrogen) atoms. The minimum absolute atomic E-state index is 0. The molecule has 10 heteroatoms. The second kappa shape index (κ2) is 1270. The first-order valence-electron chi connectivity index (χ1n) is 1.31. The van der Waals surface area contributed by atoms with Gasteiger partial charge in [-0.15, -0.1) is 12.8 Å². The van der Waals surface area contributed by atoms with Gasteiger partial charge in [0.2, 0.25) is 0 Å². The third-order valence-corrected chi connectivity index (χ3v) is 0. The quantitative estimate of drug-likeness (QED) is 0.241. The van der Waals surface area contributed by atoms with Gasteiger partial charge in [0.15, 0.2) is 12.5 Å². The monoisotopic (exact) mass is 242 g/mol. The summed E-state index contributed by atoms with van der Waals surface area (Å²) in [7, 11) is 1.00. The van der Waals surface area contributed by atoms with Crippen LogP contribution in [-0.2, 0) is 12.5 Å². The van der Waals surface area contributed by atoms with Gasteiger partial charge in [0.1, 0.15) is 0 Å². The Hall–Kier alpha value is -1.06. The van der Waals surface area contributed by atoms with Crippen LogP contribution in [0.15, 0.2) is 0 Å². The predicted molar refractivity (Wildman–Crippen MR) is 55.7 cm³/mol. The van der Waals surface area contributed by atoms with E-state index in [0.29, 0.717) is 0 Å². The van der Waals surface area contributed by atoms with Crippen molar-refractivity contribution in [3.05, 3.63) is 9.93 Å². The lowest BCUT2D eigenvalue weighted by Crippen LogP contribution is -1.29. The minimum atomic E-state index is 0. The molecule has 0 aliphatic heterocycles. The van der Waals surface area contributed by atoms with Crippen molar-refractivity contribution in [2.45, 2.75) is 7.43 Å². The fraction of sp³-hybridized carbons (Fsp3) is 0.500. The van der Waals surface area contributed by atoms with Gasteiger partial charge in [-0.2, -0.15) is 4.21 Å². The molecule has 0 radical (unpaired) electrons. The normalized spacial score (nSPS) is 1.57. The Morgan fingerprint density at radius 1 is 0.857 bits per heavy atom. The van der Waals surface area contributed by atoms with Crippen molar-refractivity contribution >= 4 is 12.5 Å². The SMILES string of the molecule is C.C#C.CO.O.O.O.O=O.O=S.OO. The molecule has 94 valence electrons. The molecule has 9 nitrogen and oxygen atoms in total. The van der Waals surface area contributed by atoms with Crippen molar-refractivity contribution in [2.75, 3.05) is 7.11 Å². The van der Waals surface area contributed by atoms with E-state index in [4.69, 9.17) is 29.8 Å². The Bertz CT molecular complexity index is 33.2. The maximum Gasteiger partial charge on any atom is 0.197 e. The van der Waals surface area contributed by atoms with Gasteiger partial charge in [-0.05, 0) is 0 Å². The summed E-state index contributed by atoms with van der Waals surface area (Å²) in [6.07, 6.45) is 8.00. The molecule has 0 aromatic heterocycles. The van der Waals surface area contributed by atoms with Crippen LogP contribution in [0.5, 0.6) is 0 Å². The van der Waals surface area contributed by atoms with E-state index in [9.17, 15) is 0 Å². The van der Waals surface area contributed by atoms with Crippen LogP contribution in [0.2, 0.25) is 0 Å². The Morgan fingerprint density at radius 3 is 0.857 bits per heavy atom. The van der Waals surface area contributed by atoms with Crippen LogP contribution in [0.3, 0.4) is 0 Å². The molecule has 0 rings (SSSR count). The fourth-order valence-electron chi connectivity index (χ4n) is 0. The van der Waals surface area contributed by atoms with Crippen LogP contribution in [0.25, 0.3) is 0 Å². The number of aliphatic hydroxyl groups is 1. The van der Waals surface area contributed by atoms with Gasteiger partial charge < -0.3 is 21.5 Å². The fourth-order valence-corrected chi connectivity index (χ4v) is 0. The summed E-state index contributed by atoms with van der Waals surface area (Å²) in [5, 5.41) is 19.0. The van der Waals surface area contributed by atoms with E-state index in [1.165, 1.54) is 0 Å². The molecule has 0 aliphatic rings. The van der Waals surface area contributed by atoms with Crippen molar-refractivity contribution in [3.63, 3.8) is 0 Å². The summed E-state index contributed by atoms with van der Waals surface area (Å²) in [5.74, 6) is 0. The maximum atomic E-state index is 7.83. The van der Waals surface area contributed by atoms with E-state index in [1.54, 1.807) is 0 Å². The summed E-state index contributed by atoms with van der Waals surface area (Å²) >= 11 is 2.83. The summed E-state index contributed by atoms with van der Waals surface area (Å²) < 4.78 is 7.83. The highest BCUT2D eigenvalue weighted by Gasteiger charge is 0.839. The minimum Gasteiger partial charge on any atom is -0.412 e. The lowest BCUT2D eigenvalue weighted by molar-refractivity contribution is -0.176. The maximum absolute atomic E-state index is 7.83. The molecule has 0 amide bonds. The van der Waals surface area contributed by atoms with Gasteiger partial charge >= 0.3 is 0 Å². The molecule has 0 bridgehead atoms. The third-order valence-electron chi connectivity index (χ3n) is 0. The second-order valence-electron chi connectivity index (χ2n) is 0. The van der Waals surface area contributed by atoms with E-state index in [1.807, 2.05) is 0 Å². The van der Waals surface area contributed by atoms with E-state index in [0.717, 1.165) is 7.11 Å². The van der Waals surface area contributed by atoms with Gasteiger partial charge in [-0.3, -0.25) is 10.5 Å². The zero-order chi connectivity index (χ0) is 10.0. The Labute approximate surface area is 87.0 Å². The molecular formula is C4H18O9S. The number of terminal acetylenes is 1. The molecule has 0 aromatic carbocycles. The number of aliphatic hydroxyl groups excluding tert-OH is 1. The first-order valence-corrected chi connectivity index (χ1v) is 1.65. The highest BCUT2D eigenvalue weighted by molar-refractivity contribution is 7.44.